The highest BCUT2D eigenvalue weighted by Gasteiger charge is 2.30. The lowest BCUT2D eigenvalue weighted by Gasteiger charge is -2.19. The second-order valence-electron chi connectivity index (χ2n) is 3.00. The zero-order valence-electron chi connectivity index (χ0n) is 6.44. The van der Waals surface area contributed by atoms with E-state index in [0.29, 0.717) is 0 Å². The molecule has 1 fully saturated rings. The lowest BCUT2D eigenvalue weighted by atomic mass is 9.98. The molecule has 0 spiro atoms. The van der Waals surface area contributed by atoms with Crippen LogP contribution in [0.2, 0.25) is 0 Å². The second kappa shape index (κ2) is 2.98. The normalized spacial score (nSPS) is 40.4. The van der Waals surface area contributed by atoms with Gasteiger partial charge in [0, 0.05) is 12.1 Å². The fourth-order valence-electron chi connectivity index (χ4n) is 1.21. The summed E-state index contributed by atoms with van der Waals surface area (Å²) in [5.74, 6) is 0. The quantitative estimate of drug-likeness (QED) is 0.603. The fourth-order valence-corrected chi connectivity index (χ4v) is 2.36. The summed E-state index contributed by atoms with van der Waals surface area (Å²) in [7, 11) is 0. The highest BCUT2D eigenvalue weighted by Crippen LogP contribution is 2.14. The Morgan fingerprint density at radius 1 is 1.70 bits per heavy atom. The number of nitrogens with one attached hydrogen (secondary N) is 2. The first-order valence-electron chi connectivity index (χ1n) is 3.59. The minimum atomic E-state index is -0.994. The van der Waals surface area contributed by atoms with Gasteiger partial charge in [0.2, 0.25) is 0 Å². The number of hydrogen-bond acceptors (Lipinski definition) is 1. The predicted molar refractivity (Wildman–Crippen MR) is 42.6 cm³/mol. The van der Waals surface area contributed by atoms with Crippen LogP contribution in [0.4, 0.5) is 0 Å². The maximum absolute atomic E-state index is 10.8. The van der Waals surface area contributed by atoms with E-state index in [0.717, 1.165) is 19.4 Å². The van der Waals surface area contributed by atoms with Crippen molar-refractivity contribution in [2.24, 2.45) is 0 Å². The molecule has 2 unspecified atom stereocenters. The van der Waals surface area contributed by atoms with E-state index in [1.54, 1.807) is 0 Å². The van der Waals surface area contributed by atoms with Gasteiger partial charge in [-0.15, -0.1) is 0 Å². The average Bonchev–Trinajstić information content (AvgIpc) is 2.12. The molecule has 0 amide bonds. The van der Waals surface area contributed by atoms with Crippen LogP contribution < -0.4 is 9.44 Å². The van der Waals surface area contributed by atoms with Crippen LogP contribution in [0.3, 0.4) is 0 Å². The lowest BCUT2D eigenvalue weighted by molar-refractivity contribution is 0.419. The van der Waals surface area contributed by atoms with Gasteiger partial charge in [-0.3, -0.25) is 0 Å². The first kappa shape index (κ1) is 8.17. The standard InChI is InChI=1S/C6H14N2OS/c1-3-4-6(2)5-7-10(9)8-6/h7-8H,3-5H2,1-2H3. The van der Waals surface area contributed by atoms with Gasteiger partial charge in [-0.2, -0.15) is 0 Å². The number of rotatable bonds is 2. The Labute approximate surface area is 64.3 Å². The smallest absolute Gasteiger partial charge is 0.167 e. The van der Waals surface area contributed by atoms with Crippen molar-refractivity contribution in [3.05, 3.63) is 0 Å². The maximum Gasteiger partial charge on any atom is 0.167 e. The first-order chi connectivity index (χ1) is 4.66. The molecule has 10 heavy (non-hydrogen) atoms. The molecule has 3 nitrogen and oxygen atoms in total. The summed E-state index contributed by atoms with van der Waals surface area (Å²) in [5, 5.41) is 0. The van der Waals surface area contributed by atoms with Crippen molar-refractivity contribution in [1.82, 2.24) is 9.44 Å². The molecule has 0 aliphatic carbocycles. The van der Waals surface area contributed by atoms with E-state index in [9.17, 15) is 4.21 Å². The van der Waals surface area contributed by atoms with Crippen molar-refractivity contribution in [3.8, 4) is 0 Å². The molecular formula is C6H14N2OS. The SMILES string of the molecule is CCCC1(C)CNS(=O)N1. The van der Waals surface area contributed by atoms with Crippen LogP contribution in [0.1, 0.15) is 26.7 Å². The summed E-state index contributed by atoms with van der Waals surface area (Å²) >= 11 is -0.994. The van der Waals surface area contributed by atoms with Gasteiger partial charge in [0.15, 0.2) is 11.2 Å². The molecule has 0 aromatic heterocycles. The number of hydrogen-bond donors (Lipinski definition) is 2. The van der Waals surface area contributed by atoms with Crippen LogP contribution in [0.5, 0.6) is 0 Å². The van der Waals surface area contributed by atoms with Gasteiger partial charge < -0.3 is 0 Å². The molecule has 1 heterocycles. The van der Waals surface area contributed by atoms with Gasteiger partial charge in [-0.05, 0) is 13.3 Å². The molecule has 2 atom stereocenters. The van der Waals surface area contributed by atoms with Crippen LogP contribution in [0, 0.1) is 0 Å². The fraction of sp³-hybridized carbons (Fsp3) is 1.00. The summed E-state index contributed by atoms with van der Waals surface area (Å²) in [5.41, 5.74) is 0.0552. The topological polar surface area (TPSA) is 41.1 Å². The first-order valence-corrected chi connectivity index (χ1v) is 4.74. The zero-order valence-corrected chi connectivity index (χ0v) is 7.25. The molecule has 0 aromatic rings. The molecule has 0 radical (unpaired) electrons. The van der Waals surface area contributed by atoms with Crippen molar-refractivity contribution < 1.29 is 4.21 Å². The monoisotopic (exact) mass is 162 g/mol. The molecule has 60 valence electrons. The Morgan fingerprint density at radius 2 is 2.40 bits per heavy atom. The Bertz CT molecular complexity index is 151. The molecule has 4 heteroatoms. The third-order valence-corrected chi connectivity index (χ3v) is 2.82. The van der Waals surface area contributed by atoms with E-state index >= 15 is 0 Å². The van der Waals surface area contributed by atoms with E-state index < -0.39 is 11.2 Å². The minimum absolute atomic E-state index is 0.0552. The van der Waals surface area contributed by atoms with Gasteiger partial charge >= 0.3 is 0 Å². The summed E-state index contributed by atoms with van der Waals surface area (Å²) in [6, 6.07) is 0. The third-order valence-electron chi connectivity index (χ3n) is 1.73. The molecule has 1 saturated heterocycles. The van der Waals surface area contributed by atoms with Gasteiger partial charge in [0.25, 0.3) is 0 Å². The average molecular weight is 162 g/mol. The van der Waals surface area contributed by atoms with Crippen molar-refractivity contribution in [2.75, 3.05) is 6.54 Å². The van der Waals surface area contributed by atoms with Crippen LogP contribution >= 0.6 is 0 Å². The molecule has 1 rings (SSSR count). The molecule has 0 aromatic carbocycles. The Hall–Kier alpha value is 0.0700. The van der Waals surface area contributed by atoms with Crippen molar-refractivity contribution >= 4 is 11.2 Å². The Kier molecular flexibility index (Phi) is 2.44. The predicted octanol–water partition coefficient (Wildman–Crippen LogP) is 0.317. The van der Waals surface area contributed by atoms with Crippen molar-refractivity contribution in [3.63, 3.8) is 0 Å². The molecule has 0 saturated carbocycles. The summed E-state index contributed by atoms with van der Waals surface area (Å²) in [6.07, 6.45) is 2.20. The zero-order chi connectivity index (χ0) is 7.61. The Morgan fingerprint density at radius 3 is 2.80 bits per heavy atom. The van der Waals surface area contributed by atoms with E-state index in [2.05, 4.69) is 23.3 Å². The van der Waals surface area contributed by atoms with Crippen LogP contribution in [0.25, 0.3) is 0 Å². The van der Waals surface area contributed by atoms with E-state index in [1.807, 2.05) is 0 Å². The summed E-state index contributed by atoms with van der Waals surface area (Å²) in [4.78, 5) is 0. The second-order valence-corrected chi connectivity index (χ2v) is 4.03. The van der Waals surface area contributed by atoms with Gasteiger partial charge in [0.1, 0.15) is 0 Å². The van der Waals surface area contributed by atoms with Crippen LogP contribution in [0.15, 0.2) is 0 Å². The van der Waals surface area contributed by atoms with Gasteiger partial charge in [0.05, 0.1) is 0 Å². The minimum Gasteiger partial charge on any atom is -0.225 e. The lowest BCUT2D eigenvalue weighted by Crippen LogP contribution is -2.38. The van der Waals surface area contributed by atoms with E-state index in [1.165, 1.54) is 0 Å². The molecule has 2 N–H and O–H groups in total. The molecule has 0 bridgehead atoms. The van der Waals surface area contributed by atoms with Gasteiger partial charge in [-0.25, -0.2) is 13.7 Å². The van der Waals surface area contributed by atoms with E-state index in [-0.39, 0.29) is 5.54 Å². The van der Waals surface area contributed by atoms with Crippen LogP contribution in [-0.2, 0) is 11.2 Å². The molecule has 1 aliphatic rings. The Balaban J connectivity index is 2.46. The van der Waals surface area contributed by atoms with Crippen LogP contribution in [-0.4, -0.2) is 16.3 Å². The molecular weight excluding hydrogens is 148 g/mol. The van der Waals surface area contributed by atoms with Crippen molar-refractivity contribution in [2.45, 2.75) is 32.2 Å². The summed E-state index contributed by atoms with van der Waals surface area (Å²) < 4.78 is 16.7. The summed E-state index contributed by atoms with van der Waals surface area (Å²) in [6.45, 7) is 5.04. The van der Waals surface area contributed by atoms with Crippen molar-refractivity contribution in [1.29, 1.82) is 0 Å². The molecule has 1 aliphatic heterocycles. The maximum atomic E-state index is 10.8. The largest absolute Gasteiger partial charge is 0.225 e. The highest BCUT2D eigenvalue weighted by molar-refractivity contribution is 7.81. The van der Waals surface area contributed by atoms with Gasteiger partial charge in [-0.1, -0.05) is 13.3 Å². The van der Waals surface area contributed by atoms with E-state index in [4.69, 9.17) is 0 Å². The highest BCUT2D eigenvalue weighted by atomic mass is 32.2. The third kappa shape index (κ3) is 1.78.